The Kier molecular flexibility index (Phi) is 3.88. The number of hydrogen-bond donors (Lipinski definition) is 1. The zero-order valence-corrected chi connectivity index (χ0v) is 13.6. The van der Waals surface area contributed by atoms with Crippen LogP contribution in [0.4, 0.5) is 0 Å². The van der Waals surface area contributed by atoms with Crippen molar-refractivity contribution in [3.63, 3.8) is 0 Å². The summed E-state index contributed by atoms with van der Waals surface area (Å²) in [5.41, 5.74) is 3.11. The van der Waals surface area contributed by atoms with E-state index in [2.05, 4.69) is 27.2 Å². The van der Waals surface area contributed by atoms with Gasteiger partial charge in [-0.3, -0.25) is 4.79 Å². The Labute approximate surface area is 140 Å². The van der Waals surface area contributed by atoms with E-state index in [0.717, 1.165) is 36.5 Å². The van der Waals surface area contributed by atoms with Crippen LogP contribution in [-0.2, 0) is 0 Å². The molecule has 1 saturated heterocycles. The molecule has 1 radical (unpaired) electrons. The molecule has 1 N–H and O–H groups in total. The number of nitrogens with one attached hydrogen (secondary N) is 1. The monoisotopic (exact) mass is 319 g/mol. The molecule has 1 aliphatic heterocycles. The lowest BCUT2D eigenvalue weighted by atomic mass is 10.0. The Balaban J connectivity index is 1.65. The van der Waals surface area contributed by atoms with Gasteiger partial charge in [-0.2, -0.15) is 0 Å². The Morgan fingerprint density at radius 1 is 1.17 bits per heavy atom. The van der Waals surface area contributed by atoms with Crippen molar-refractivity contribution >= 4 is 16.8 Å². The predicted molar refractivity (Wildman–Crippen MR) is 93.2 cm³/mol. The van der Waals surface area contributed by atoms with Crippen molar-refractivity contribution in [2.75, 3.05) is 26.7 Å². The van der Waals surface area contributed by atoms with Gasteiger partial charge in [0, 0.05) is 30.8 Å². The maximum absolute atomic E-state index is 12.6. The number of ketones is 1. The van der Waals surface area contributed by atoms with E-state index in [1.165, 1.54) is 0 Å². The number of rotatable bonds is 3. The van der Waals surface area contributed by atoms with Gasteiger partial charge in [-0.05, 0) is 25.2 Å². The van der Waals surface area contributed by atoms with Gasteiger partial charge in [-0.15, -0.1) is 0 Å². The molecule has 1 fully saturated rings. The largest absolute Gasteiger partial charge is 0.341 e. The molecule has 2 heterocycles. The van der Waals surface area contributed by atoms with Crippen molar-refractivity contribution in [1.29, 1.82) is 0 Å². The van der Waals surface area contributed by atoms with Gasteiger partial charge in [0.25, 0.3) is 0 Å². The summed E-state index contributed by atoms with van der Waals surface area (Å²) in [4.78, 5) is 22.9. The summed E-state index contributed by atoms with van der Waals surface area (Å²) in [5.74, 6) is 0.894. The van der Waals surface area contributed by atoms with Gasteiger partial charge in [-0.1, -0.05) is 30.3 Å². The highest BCUT2D eigenvalue weighted by Gasteiger charge is 2.22. The quantitative estimate of drug-likeness (QED) is 0.754. The smallest absolute Gasteiger partial charge is 0.193 e. The summed E-state index contributed by atoms with van der Waals surface area (Å²) in [6.45, 7) is 2.69. The maximum atomic E-state index is 12.6. The van der Waals surface area contributed by atoms with Crippen LogP contribution in [0.2, 0.25) is 0 Å². The highest BCUT2D eigenvalue weighted by Crippen LogP contribution is 2.21. The van der Waals surface area contributed by atoms with E-state index in [1.807, 2.05) is 48.5 Å². The van der Waals surface area contributed by atoms with Gasteiger partial charge in [-0.25, -0.2) is 10.3 Å². The molecule has 0 bridgehead atoms. The first kappa shape index (κ1) is 15.1. The predicted octanol–water partition coefficient (Wildman–Crippen LogP) is 2.38. The number of likely N-dealkylation sites (N-methyl/N-ethyl adjacent to an activating group) is 1. The number of hydrogen-bond acceptors (Lipinski definition) is 3. The summed E-state index contributed by atoms with van der Waals surface area (Å²) in [6.07, 6.45) is 0. The van der Waals surface area contributed by atoms with Crippen molar-refractivity contribution in [1.82, 2.24) is 20.2 Å². The number of aromatic nitrogens is 2. The Bertz CT molecular complexity index is 871. The second-order valence-corrected chi connectivity index (χ2v) is 6.23. The number of H-pyrrole nitrogens is 1. The molecule has 0 amide bonds. The van der Waals surface area contributed by atoms with Crippen LogP contribution in [0.15, 0.2) is 48.5 Å². The molecule has 5 heteroatoms. The average molecular weight is 319 g/mol. The molecule has 121 valence electrons. The van der Waals surface area contributed by atoms with E-state index in [4.69, 9.17) is 0 Å². The van der Waals surface area contributed by atoms with E-state index < -0.39 is 0 Å². The van der Waals surface area contributed by atoms with Crippen LogP contribution >= 0.6 is 0 Å². The number of piperazine rings is 1. The number of carbonyl (C=O) groups excluding carboxylic acids is 1. The first-order valence-corrected chi connectivity index (χ1v) is 8.15. The van der Waals surface area contributed by atoms with E-state index in [9.17, 15) is 4.79 Å². The van der Waals surface area contributed by atoms with Crippen LogP contribution in [0, 0.1) is 0 Å². The van der Waals surface area contributed by atoms with E-state index >= 15 is 0 Å². The fourth-order valence-corrected chi connectivity index (χ4v) is 3.08. The molecule has 1 aliphatic rings. The van der Waals surface area contributed by atoms with Crippen molar-refractivity contribution in [2.45, 2.75) is 6.04 Å². The van der Waals surface area contributed by atoms with Gasteiger partial charge in [0.15, 0.2) is 5.78 Å². The maximum Gasteiger partial charge on any atom is 0.193 e. The molecule has 24 heavy (non-hydrogen) atoms. The molecule has 1 unspecified atom stereocenters. The van der Waals surface area contributed by atoms with Crippen LogP contribution in [0.5, 0.6) is 0 Å². The summed E-state index contributed by atoms with van der Waals surface area (Å²) in [5, 5.41) is 4.65. The summed E-state index contributed by atoms with van der Waals surface area (Å²) in [7, 11) is 2.10. The van der Waals surface area contributed by atoms with Crippen molar-refractivity contribution in [3.8, 4) is 0 Å². The molecule has 4 rings (SSSR count). The molecule has 0 aliphatic carbocycles. The number of aromatic amines is 1. The average Bonchev–Trinajstić information content (AvgIpc) is 3.05. The first-order chi connectivity index (χ1) is 11.7. The summed E-state index contributed by atoms with van der Waals surface area (Å²) in [6, 6.07) is 15.0. The topological polar surface area (TPSA) is 63.1 Å². The van der Waals surface area contributed by atoms with Gasteiger partial charge in [0.1, 0.15) is 5.82 Å². The van der Waals surface area contributed by atoms with Crippen molar-refractivity contribution in [3.05, 3.63) is 65.5 Å². The Morgan fingerprint density at radius 3 is 2.79 bits per heavy atom. The van der Waals surface area contributed by atoms with Crippen molar-refractivity contribution in [2.24, 2.45) is 0 Å². The normalized spacial score (nSPS) is 18.8. The molecule has 0 spiro atoms. The third-order valence-electron chi connectivity index (χ3n) is 4.43. The molecule has 2 aromatic carbocycles. The zero-order chi connectivity index (χ0) is 16.5. The molecule has 1 atom stereocenters. The van der Waals surface area contributed by atoms with Crippen molar-refractivity contribution < 1.29 is 4.79 Å². The zero-order valence-electron chi connectivity index (χ0n) is 13.6. The molecule has 1 aromatic heterocycles. The lowest BCUT2D eigenvalue weighted by Gasteiger charge is -2.28. The lowest BCUT2D eigenvalue weighted by molar-refractivity contribution is 0.103. The SMILES string of the molecule is CN1CC[N]C(c2nc3cc(C(=O)c4ccccc4)ccc3[nH]2)C1. The minimum atomic E-state index is 0.0177. The van der Waals surface area contributed by atoms with Crippen LogP contribution in [-0.4, -0.2) is 47.3 Å². The van der Waals surface area contributed by atoms with Gasteiger partial charge in [0.2, 0.25) is 0 Å². The van der Waals surface area contributed by atoms with Crippen LogP contribution in [0.3, 0.4) is 0 Å². The molecule has 5 nitrogen and oxygen atoms in total. The highest BCUT2D eigenvalue weighted by atomic mass is 16.1. The van der Waals surface area contributed by atoms with Crippen LogP contribution in [0.25, 0.3) is 11.0 Å². The Morgan fingerprint density at radius 2 is 2.00 bits per heavy atom. The summed E-state index contributed by atoms with van der Waals surface area (Å²) < 4.78 is 0. The third kappa shape index (κ3) is 2.84. The van der Waals surface area contributed by atoms with Crippen LogP contribution < -0.4 is 5.32 Å². The van der Waals surface area contributed by atoms with Gasteiger partial charge in [0.05, 0.1) is 17.1 Å². The van der Waals surface area contributed by atoms with E-state index in [1.54, 1.807) is 0 Å². The molecule has 0 saturated carbocycles. The second-order valence-electron chi connectivity index (χ2n) is 6.23. The standard InChI is InChI=1S/C19H19N4O/c1-23-10-9-20-17(12-23)19-21-15-8-7-14(11-16(15)22-19)18(24)13-5-3-2-4-6-13/h2-8,11,17H,9-10,12H2,1H3,(H,21,22). The minimum absolute atomic E-state index is 0.0177. The second kappa shape index (κ2) is 6.19. The highest BCUT2D eigenvalue weighted by molar-refractivity contribution is 6.10. The summed E-state index contributed by atoms with van der Waals surface area (Å²) >= 11 is 0. The first-order valence-electron chi connectivity index (χ1n) is 8.15. The van der Waals surface area contributed by atoms with Crippen LogP contribution in [0.1, 0.15) is 27.8 Å². The lowest BCUT2D eigenvalue weighted by Crippen LogP contribution is -2.40. The number of carbonyl (C=O) groups is 1. The number of benzene rings is 2. The van der Waals surface area contributed by atoms with E-state index in [0.29, 0.717) is 11.1 Å². The minimum Gasteiger partial charge on any atom is -0.341 e. The fourth-order valence-electron chi connectivity index (χ4n) is 3.08. The Hall–Kier alpha value is -2.50. The molecule has 3 aromatic rings. The fraction of sp³-hybridized carbons (Fsp3) is 0.263. The molecular formula is C19H19N4O. The van der Waals surface area contributed by atoms with Gasteiger partial charge >= 0.3 is 0 Å². The molecular weight excluding hydrogens is 300 g/mol. The number of nitrogens with zero attached hydrogens (tertiary/aromatic N) is 3. The van der Waals surface area contributed by atoms with E-state index in [-0.39, 0.29) is 11.8 Å². The van der Waals surface area contributed by atoms with Gasteiger partial charge < -0.3 is 9.88 Å². The third-order valence-corrected chi connectivity index (χ3v) is 4.43. The number of fused-ring (bicyclic) bond motifs is 1. The number of imidazole rings is 1.